The Labute approximate surface area is 184 Å². The minimum absolute atomic E-state index is 0.0397. The molecule has 4 rings (SSSR count). The number of piperidine rings is 1. The number of amidine groups is 1. The maximum atomic E-state index is 13.3. The van der Waals surface area contributed by atoms with Gasteiger partial charge in [0.05, 0.1) is 30.1 Å². The molecule has 6 heteroatoms. The van der Waals surface area contributed by atoms with Crippen molar-refractivity contribution >= 4 is 23.1 Å². The molecule has 1 amide bonds. The minimum atomic E-state index is -0.430. The van der Waals surface area contributed by atoms with Crippen molar-refractivity contribution in [1.29, 1.82) is 0 Å². The SMILES string of the molecule is CCOc1ccc(C(=O)N2CCC[C@]3(C2)Nc2ccccc2NC3=NC(C)(C)C)cc1. The van der Waals surface area contributed by atoms with Gasteiger partial charge >= 0.3 is 0 Å². The van der Waals surface area contributed by atoms with Gasteiger partial charge in [0.25, 0.3) is 5.91 Å². The van der Waals surface area contributed by atoms with Crippen molar-refractivity contribution in [1.82, 2.24) is 4.90 Å². The van der Waals surface area contributed by atoms with E-state index in [4.69, 9.17) is 9.73 Å². The molecule has 0 aromatic heterocycles. The molecule has 1 spiro atoms. The lowest BCUT2D eigenvalue weighted by molar-refractivity contribution is 0.0694. The van der Waals surface area contributed by atoms with Gasteiger partial charge in [-0.05, 0) is 76.9 Å². The van der Waals surface area contributed by atoms with Gasteiger partial charge in [0, 0.05) is 12.1 Å². The Morgan fingerprint density at radius 3 is 2.52 bits per heavy atom. The van der Waals surface area contributed by atoms with Gasteiger partial charge in [0.1, 0.15) is 17.1 Å². The van der Waals surface area contributed by atoms with Crippen molar-refractivity contribution in [2.24, 2.45) is 4.99 Å². The molecule has 2 aromatic carbocycles. The fourth-order valence-electron chi connectivity index (χ4n) is 4.30. The zero-order valence-corrected chi connectivity index (χ0v) is 18.9. The number of likely N-dealkylation sites (tertiary alicyclic amines) is 1. The highest BCUT2D eigenvalue weighted by atomic mass is 16.5. The summed E-state index contributed by atoms with van der Waals surface area (Å²) in [5.74, 6) is 1.73. The summed E-state index contributed by atoms with van der Waals surface area (Å²) in [6.07, 6.45) is 1.82. The van der Waals surface area contributed by atoms with Gasteiger partial charge in [-0.25, -0.2) is 0 Å². The van der Waals surface area contributed by atoms with Crippen LogP contribution in [0.25, 0.3) is 0 Å². The van der Waals surface area contributed by atoms with E-state index in [1.54, 1.807) is 0 Å². The van der Waals surface area contributed by atoms with Crippen LogP contribution in [0.15, 0.2) is 53.5 Å². The van der Waals surface area contributed by atoms with E-state index in [1.807, 2.05) is 48.2 Å². The van der Waals surface area contributed by atoms with Crippen LogP contribution in [-0.2, 0) is 0 Å². The van der Waals surface area contributed by atoms with E-state index in [-0.39, 0.29) is 11.4 Å². The standard InChI is InChI=1S/C25H32N4O2/c1-5-31-19-13-11-18(12-14-19)22(30)29-16-8-15-25(17-29)23(28-24(2,3)4)26-20-9-6-7-10-21(20)27-25/h6-7,9-14,27H,5,8,15-17H2,1-4H3,(H,26,28)/t25-/m1/s1. The van der Waals surface area contributed by atoms with Crippen molar-refractivity contribution < 1.29 is 9.53 Å². The smallest absolute Gasteiger partial charge is 0.253 e. The number of para-hydroxylation sites is 2. The first-order valence-electron chi connectivity index (χ1n) is 11.1. The first kappa shape index (κ1) is 21.2. The van der Waals surface area contributed by atoms with Crippen molar-refractivity contribution in [2.75, 3.05) is 30.3 Å². The van der Waals surface area contributed by atoms with Crippen LogP contribution in [0.3, 0.4) is 0 Å². The molecule has 1 atom stereocenters. The van der Waals surface area contributed by atoms with E-state index >= 15 is 0 Å². The Morgan fingerprint density at radius 2 is 1.84 bits per heavy atom. The zero-order valence-electron chi connectivity index (χ0n) is 18.9. The summed E-state index contributed by atoms with van der Waals surface area (Å²) in [4.78, 5) is 20.3. The topological polar surface area (TPSA) is 66.0 Å². The van der Waals surface area contributed by atoms with Crippen molar-refractivity contribution in [3.63, 3.8) is 0 Å². The predicted molar refractivity (Wildman–Crippen MR) is 126 cm³/mol. The van der Waals surface area contributed by atoms with Gasteiger partial charge in [-0.3, -0.25) is 9.79 Å². The third-order valence-electron chi connectivity index (χ3n) is 5.65. The number of amides is 1. The van der Waals surface area contributed by atoms with Crippen molar-refractivity contribution in [2.45, 2.75) is 51.6 Å². The third-order valence-corrected chi connectivity index (χ3v) is 5.65. The summed E-state index contributed by atoms with van der Waals surface area (Å²) in [6, 6.07) is 15.6. The van der Waals surface area contributed by atoms with Crippen LogP contribution in [0.5, 0.6) is 5.75 Å². The number of anilines is 2. The lowest BCUT2D eigenvalue weighted by atomic mass is 9.84. The molecule has 2 aromatic rings. The summed E-state index contributed by atoms with van der Waals surface area (Å²) >= 11 is 0. The van der Waals surface area contributed by atoms with Crippen LogP contribution in [0.4, 0.5) is 11.4 Å². The summed E-state index contributed by atoms with van der Waals surface area (Å²) in [5, 5.41) is 7.31. The quantitative estimate of drug-likeness (QED) is 0.749. The molecule has 2 aliphatic rings. The largest absolute Gasteiger partial charge is 0.494 e. The van der Waals surface area contributed by atoms with Crippen LogP contribution < -0.4 is 15.4 Å². The van der Waals surface area contributed by atoms with Crippen molar-refractivity contribution in [3.8, 4) is 5.75 Å². The lowest BCUT2D eigenvalue weighted by Gasteiger charge is -2.48. The molecular weight excluding hydrogens is 388 g/mol. The second-order valence-electron chi connectivity index (χ2n) is 9.30. The molecule has 2 aliphatic heterocycles. The number of ether oxygens (including phenoxy) is 1. The molecule has 1 saturated heterocycles. The Morgan fingerprint density at radius 1 is 1.13 bits per heavy atom. The number of hydrogen-bond acceptors (Lipinski definition) is 4. The number of carbonyl (C=O) groups excluding carboxylic acids is 1. The number of fused-ring (bicyclic) bond motifs is 1. The Balaban J connectivity index is 1.64. The number of aliphatic imine (C=N–C) groups is 1. The number of rotatable bonds is 3. The third kappa shape index (κ3) is 4.53. The number of nitrogens with zero attached hydrogens (tertiary/aromatic N) is 2. The van der Waals surface area contributed by atoms with Crippen LogP contribution in [0.1, 0.15) is 50.9 Å². The van der Waals surface area contributed by atoms with Gasteiger partial charge in [0.2, 0.25) is 0 Å². The van der Waals surface area contributed by atoms with Gasteiger partial charge < -0.3 is 20.3 Å². The van der Waals surface area contributed by atoms with E-state index in [0.717, 1.165) is 42.3 Å². The summed E-state index contributed by atoms with van der Waals surface area (Å²) in [5.41, 5.74) is 2.08. The van der Waals surface area contributed by atoms with E-state index in [9.17, 15) is 4.79 Å². The highest BCUT2D eigenvalue weighted by molar-refractivity contribution is 6.10. The second-order valence-corrected chi connectivity index (χ2v) is 9.30. The average Bonchev–Trinajstić information content (AvgIpc) is 2.74. The fourth-order valence-corrected chi connectivity index (χ4v) is 4.30. The normalized spacial score (nSPS) is 21.9. The molecule has 6 nitrogen and oxygen atoms in total. The lowest BCUT2D eigenvalue weighted by Crippen LogP contribution is -2.63. The Bertz CT molecular complexity index is 978. The molecule has 0 aliphatic carbocycles. The van der Waals surface area contributed by atoms with E-state index in [0.29, 0.717) is 18.7 Å². The maximum absolute atomic E-state index is 13.3. The molecule has 31 heavy (non-hydrogen) atoms. The van der Waals surface area contributed by atoms with E-state index in [1.165, 1.54) is 0 Å². The summed E-state index contributed by atoms with van der Waals surface area (Å²) < 4.78 is 5.51. The molecule has 164 valence electrons. The molecule has 2 N–H and O–H groups in total. The van der Waals surface area contributed by atoms with Crippen LogP contribution in [-0.4, -0.2) is 47.4 Å². The molecule has 0 unspecified atom stereocenters. The Hall–Kier alpha value is -3.02. The van der Waals surface area contributed by atoms with Gasteiger partial charge in [-0.15, -0.1) is 0 Å². The maximum Gasteiger partial charge on any atom is 0.253 e. The molecule has 2 heterocycles. The van der Waals surface area contributed by atoms with Crippen LogP contribution >= 0.6 is 0 Å². The highest BCUT2D eigenvalue weighted by Crippen LogP contribution is 2.37. The Kier molecular flexibility index (Phi) is 5.65. The van der Waals surface area contributed by atoms with Crippen LogP contribution in [0.2, 0.25) is 0 Å². The van der Waals surface area contributed by atoms with Gasteiger partial charge in [-0.2, -0.15) is 0 Å². The molecule has 0 saturated carbocycles. The number of benzene rings is 2. The summed E-state index contributed by atoms with van der Waals surface area (Å²) in [6.45, 7) is 10.2. The van der Waals surface area contributed by atoms with Crippen LogP contribution in [0, 0.1) is 0 Å². The minimum Gasteiger partial charge on any atom is -0.494 e. The van der Waals surface area contributed by atoms with E-state index in [2.05, 4.69) is 43.5 Å². The van der Waals surface area contributed by atoms with Gasteiger partial charge in [-0.1, -0.05) is 12.1 Å². The highest BCUT2D eigenvalue weighted by Gasteiger charge is 2.45. The van der Waals surface area contributed by atoms with Gasteiger partial charge in [0.15, 0.2) is 0 Å². The second kappa shape index (κ2) is 8.25. The predicted octanol–water partition coefficient (Wildman–Crippen LogP) is 4.79. The first-order valence-corrected chi connectivity index (χ1v) is 11.1. The fraction of sp³-hybridized carbons (Fsp3) is 0.440. The zero-order chi connectivity index (χ0) is 22.1. The average molecular weight is 421 g/mol. The van der Waals surface area contributed by atoms with Crippen molar-refractivity contribution in [3.05, 3.63) is 54.1 Å². The molecule has 1 fully saturated rings. The number of hydrogen-bond donors (Lipinski definition) is 2. The first-order chi connectivity index (χ1) is 14.8. The molecule has 0 radical (unpaired) electrons. The summed E-state index contributed by atoms with van der Waals surface area (Å²) in [7, 11) is 0. The number of carbonyl (C=O) groups is 1. The monoisotopic (exact) mass is 420 g/mol. The van der Waals surface area contributed by atoms with E-state index < -0.39 is 5.54 Å². The number of nitrogens with one attached hydrogen (secondary N) is 2. The molecule has 0 bridgehead atoms. The molecular formula is C25H32N4O2.